The van der Waals surface area contributed by atoms with Crippen LogP contribution in [-0.4, -0.2) is 33.7 Å². The molecule has 0 bridgehead atoms. The summed E-state index contributed by atoms with van der Waals surface area (Å²) in [6.07, 6.45) is 0. The molecule has 0 saturated carbocycles. The van der Waals surface area contributed by atoms with Gasteiger partial charge in [-0.15, -0.1) is 0 Å². The standard InChI is InChI=1S/C19H25N5O3S/c1-10-6-8-12(9-7-10)24(11(2)17(26)22-19(3,4)5)18(27)15-13(20)14(16(21)25)23-28-15/h6-9,11H,20H2,1-5H3,(H2,21,25)(H,22,26)/t11-/m0/s1. The van der Waals surface area contributed by atoms with Crippen LogP contribution in [0.5, 0.6) is 0 Å². The van der Waals surface area contributed by atoms with E-state index in [1.807, 2.05) is 39.8 Å². The number of nitrogens with zero attached hydrogens (tertiary/aromatic N) is 2. The summed E-state index contributed by atoms with van der Waals surface area (Å²) in [5, 5.41) is 2.87. The minimum absolute atomic E-state index is 0.0600. The second-order valence-electron chi connectivity index (χ2n) is 7.56. The molecule has 5 N–H and O–H groups in total. The van der Waals surface area contributed by atoms with Gasteiger partial charge in [0.1, 0.15) is 10.9 Å². The molecule has 1 aromatic carbocycles. The number of primary amides is 1. The topological polar surface area (TPSA) is 131 Å². The molecular formula is C19H25N5O3S. The van der Waals surface area contributed by atoms with E-state index in [9.17, 15) is 14.4 Å². The van der Waals surface area contributed by atoms with Crippen molar-refractivity contribution in [2.75, 3.05) is 10.6 Å². The lowest BCUT2D eigenvalue weighted by molar-refractivity contribution is -0.123. The van der Waals surface area contributed by atoms with E-state index in [-0.39, 0.29) is 22.2 Å². The summed E-state index contributed by atoms with van der Waals surface area (Å²) in [5.74, 6) is -1.66. The lowest BCUT2D eigenvalue weighted by Crippen LogP contribution is -2.52. The summed E-state index contributed by atoms with van der Waals surface area (Å²) in [6, 6.07) is 6.36. The Balaban J connectivity index is 2.49. The molecule has 0 aliphatic rings. The lowest BCUT2D eigenvalue weighted by atomic mass is 10.1. The first-order valence-electron chi connectivity index (χ1n) is 8.69. The fourth-order valence-electron chi connectivity index (χ4n) is 2.55. The molecule has 0 aliphatic heterocycles. The monoisotopic (exact) mass is 403 g/mol. The number of anilines is 2. The van der Waals surface area contributed by atoms with Gasteiger partial charge < -0.3 is 16.8 Å². The van der Waals surface area contributed by atoms with E-state index in [0.717, 1.165) is 17.1 Å². The third kappa shape index (κ3) is 4.66. The number of hydrogen-bond donors (Lipinski definition) is 3. The highest BCUT2D eigenvalue weighted by atomic mass is 32.1. The van der Waals surface area contributed by atoms with E-state index in [1.165, 1.54) is 4.90 Å². The van der Waals surface area contributed by atoms with Crippen molar-refractivity contribution in [2.45, 2.75) is 46.2 Å². The zero-order chi connectivity index (χ0) is 21.2. The summed E-state index contributed by atoms with van der Waals surface area (Å²) in [4.78, 5) is 38.9. The number of nitrogens with one attached hydrogen (secondary N) is 1. The second kappa shape index (κ2) is 7.97. The van der Waals surface area contributed by atoms with E-state index in [0.29, 0.717) is 5.69 Å². The van der Waals surface area contributed by atoms with Gasteiger partial charge in [0.25, 0.3) is 11.8 Å². The number of aromatic nitrogens is 1. The second-order valence-corrected chi connectivity index (χ2v) is 8.34. The third-order valence-electron chi connectivity index (χ3n) is 3.95. The van der Waals surface area contributed by atoms with E-state index in [1.54, 1.807) is 19.1 Å². The molecule has 3 amide bonds. The van der Waals surface area contributed by atoms with Gasteiger partial charge in [0.2, 0.25) is 5.91 Å². The van der Waals surface area contributed by atoms with E-state index < -0.39 is 23.4 Å². The van der Waals surface area contributed by atoms with E-state index >= 15 is 0 Å². The van der Waals surface area contributed by atoms with Gasteiger partial charge in [-0.05, 0) is 58.3 Å². The molecule has 9 heteroatoms. The van der Waals surface area contributed by atoms with Gasteiger partial charge in [-0.1, -0.05) is 17.7 Å². The van der Waals surface area contributed by atoms with Crippen LogP contribution in [0.3, 0.4) is 0 Å². The molecule has 0 radical (unpaired) electrons. The van der Waals surface area contributed by atoms with Gasteiger partial charge in [-0.2, -0.15) is 4.37 Å². The summed E-state index contributed by atoms with van der Waals surface area (Å²) < 4.78 is 3.88. The Morgan fingerprint density at radius 1 is 1.18 bits per heavy atom. The smallest absolute Gasteiger partial charge is 0.272 e. The van der Waals surface area contributed by atoms with Gasteiger partial charge in [0.15, 0.2) is 5.69 Å². The molecule has 2 rings (SSSR count). The first-order chi connectivity index (χ1) is 12.9. The lowest BCUT2D eigenvalue weighted by Gasteiger charge is -2.31. The number of nitrogen functional groups attached to an aromatic ring is 1. The number of rotatable bonds is 5. The summed E-state index contributed by atoms with van der Waals surface area (Å²) in [7, 11) is 0. The van der Waals surface area contributed by atoms with Crippen molar-refractivity contribution in [3.8, 4) is 0 Å². The highest BCUT2D eigenvalue weighted by molar-refractivity contribution is 7.09. The largest absolute Gasteiger partial charge is 0.395 e. The van der Waals surface area contributed by atoms with Crippen LogP contribution in [0.15, 0.2) is 24.3 Å². The molecule has 28 heavy (non-hydrogen) atoms. The highest BCUT2D eigenvalue weighted by Crippen LogP contribution is 2.28. The first-order valence-corrected chi connectivity index (χ1v) is 9.47. The molecule has 0 aliphatic carbocycles. The van der Waals surface area contributed by atoms with Crippen LogP contribution >= 0.6 is 11.5 Å². The maximum absolute atomic E-state index is 13.3. The van der Waals surface area contributed by atoms with Crippen LogP contribution in [0, 0.1) is 6.92 Å². The number of hydrogen-bond acceptors (Lipinski definition) is 6. The predicted molar refractivity (Wildman–Crippen MR) is 110 cm³/mol. The summed E-state index contributed by atoms with van der Waals surface area (Å²) >= 11 is 0.782. The van der Waals surface area contributed by atoms with Crippen LogP contribution < -0.4 is 21.7 Å². The SMILES string of the molecule is Cc1ccc(N(C(=O)c2snc(C(N)=O)c2N)[C@@H](C)C(=O)NC(C)(C)C)cc1. The molecule has 1 aromatic heterocycles. The van der Waals surface area contributed by atoms with Gasteiger partial charge >= 0.3 is 0 Å². The quantitative estimate of drug-likeness (QED) is 0.703. The van der Waals surface area contributed by atoms with Crippen molar-refractivity contribution in [3.05, 3.63) is 40.4 Å². The van der Waals surface area contributed by atoms with Crippen LogP contribution in [0.2, 0.25) is 0 Å². The highest BCUT2D eigenvalue weighted by Gasteiger charge is 2.33. The van der Waals surface area contributed by atoms with Crippen LogP contribution in [0.1, 0.15) is 53.4 Å². The maximum Gasteiger partial charge on any atom is 0.272 e. The Bertz CT molecular complexity index is 899. The van der Waals surface area contributed by atoms with Gasteiger partial charge in [0.05, 0.1) is 5.69 Å². The molecule has 0 unspecified atom stereocenters. The normalized spacial score (nSPS) is 12.3. The van der Waals surface area contributed by atoms with Crippen LogP contribution in [-0.2, 0) is 4.79 Å². The zero-order valence-electron chi connectivity index (χ0n) is 16.6. The van der Waals surface area contributed by atoms with Crippen LogP contribution in [0.25, 0.3) is 0 Å². The number of aryl methyl sites for hydroxylation is 1. The van der Waals surface area contributed by atoms with Gasteiger partial charge in [-0.25, -0.2) is 0 Å². The van der Waals surface area contributed by atoms with Crippen molar-refractivity contribution >= 4 is 40.6 Å². The molecular weight excluding hydrogens is 378 g/mol. The Morgan fingerprint density at radius 2 is 1.75 bits per heavy atom. The van der Waals surface area contributed by atoms with Gasteiger partial charge in [-0.3, -0.25) is 19.3 Å². The van der Waals surface area contributed by atoms with Crippen LogP contribution in [0.4, 0.5) is 11.4 Å². The minimum Gasteiger partial charge on any atom is -0.395 e. The third-order valence-corrected chi connectivity index (χ3v) is 4.80. The average molecular weight is 404 g/mol. The molecule has 1 atom stereocenters. The molecule has 0 fully saturated rings. The average Bonchev–Trinajstić information content (AvgIpc) is 2.96. The van der Waals surface area contributed by atoms with Crippen molar-refractivity contribution in [1.29, 1.82) is 0 Å². The van der Waals surface area contributed by atoms with E-state index in [2.05, 4.69) is 9.69 Å². The van der Waals surface area contributed by atoms with E-state index in [4.69, 9.17) is 11.5 Å². The summed E-state index contributed by atoms with van der Waals surface area (Å²) in [6.45, 7) is 9.12. The number of amides is 3. The number of carbonyl (C=O) groups is 3. The fourth-order valence-corrected chi connectivity index (χ4v) is 3.29. The Hall–Kier alpha value is -2.94. The van der Waals surface area contributed by atoms with Crippen molar-refractivity contribution in [1.82, 2.24) is 9.69 Å². The summed E-state index contributed by atoms with van der Waals surface area (Å²) in [5.41, 5.74) is 12.0. The molecule has 8 nitrogen and oxygen atoms in total. The Labute approximate surface area is 168 Å². The Morgan fingerprint density at radius 3 is 2.21 bits per heavy atom. The minimum atomic E-state index is -0.826. The Kier molecular flexibility index (Phi) is 6.08. The molecule has 2 aromatic rings. The van der Waals surface area contributed by atoms with Gasteiger partial charge in [0, 0.05) is 11.2 Å². The van der Waals surface area contributed by atoms with Crippen molar-refractivity contribution < 1.29 is 14.4 Å². The number of benzene rings is 1. The zero-order valence-corrected chi connectivity index (χ0v) is 17.4. The first kappa shape index (κ1) is 21.4. The number of nitrogens with two attached hydrogens (primary N) is 2. The molecule has 0 saturated heterocycles. The van der Waals surface area contributed by atoms with Crippen molar-refractivity contribution in [2.24, 2.45) is 5.73 Å². The van der Waals surface area contributed by atoms with Crippen molar-refractivity contribution in [3.63, 3.8) is 0 Å². The molecule has 0 spiro atoms. The maximum atomic E-state index is 13.3. The molecule has 1 heterocycles. The number of carbonyl (C=O) groups excluding carboxylic acids is 3. The predicted octanol–water partition coefficient (Wildman–Crippen LogP) is 2.08. The molecule has 150 valence electrons. The fraction of sp³-hybridized carbons (Fsp3) is 0.368.